The molecule has 0 saturated heterocycles. The summed E-state index contributed by atoms with van der Waals surface area (Å²) >= 11 is 12.1. The number of anilines is 1. The number of sulfonamides is 1. The standard InChI is InChI=1S/C30H26Cl2N2O6S/c1-33(2)30(38)20-7-3-6-19(14-20)12-13-28(35)26-10-4-9-25-24(26)8-5-11-27(25)34(18-29(36)37)41(39,40)23-16-21(31)15-22(32)17-23/h3-11,14-17H,12-13,18H2,1-2H3,(H,36,37). The molecule has 11 heteroatoms. The molecule has 0 bridgehead atoms. The van der Waals surface area contributed by atoms with Crippen LogP contribution in [0.5, 0.6) is 0 Å². The lowest BCUT2D eigenvalue weighted by molar-refractivity contribution is -0.135. The number of halogens is 2. The van der Waals surface area contributed by atoms with Gasteiger partial charge in [0, 0.05) is 47.1 Å². The molecule has 0 saturated carbocycles. The molecular weight excluding hydrogens is 587 g/mol. The Morgan fingerprint density at radius 3 is 2.12 bits per heavy atom. The molecule has 8 nitrogen and oxygen atoms in total. The van der Waals surface area contributed by atoms with Crippen LogP contribution in [0.2, 0.25) is 10.0 Å². The van der Waals surface area contributed by atoms with Crippen molar-refractivity contribution in [2.45, 2.75) is 17.7 Å². The SMILES string of the molecule is CN(C)C(=O)c1cccc(CCC(=O)c2cccc3c(N(CC(=O)O)S(=O)(=O)c4cc(Cl)cc(Cl)c4)cccc23)c1. The average molecular weight is 614 g/mol. The molecule has 1 N–H and O–H groups in total. The van der Waals surface area contributed by atoms with Crippen molar-refractivity contribution < 1.29 is 27.9 Å². The fraction of sp³-hybridized carbons (Fsp3) is 0.167. The second-order valence-electron chi connectivity index (χ2n) is 9.51. The Balaban J connectivity index is 1.71. The van der Waals surface area contributed by atoms with E-state index in [9.17, 15) is 27.9 Å². The van der Waals surface area contributed by atoms with Gasteiger partial charge in [0.15, 0.2) is 5.78 Å². The number of amides is 1. The van der Waals surface area contributed by atoms with Crippen molar-refractivity contribution in [3.05, 3.63) is 106 Å². The highest BCUT2D eigenvalue weighted by atomic mass is 35.5. The van der Waals surface area contributed by atoms with Crippen molar-refractivity contribution >= 4 is 67.3 Å². The van der Waals surface area contributed by atoms with Gasteiger partial charge in [0.25, 0.3) is 15.9 Å². The fourth-order valence-electron chi connectivity index (χ4n) is 4.49. The number of hydrogen-bond donors (Lipinski definition) is 1. The summed E-state index contributed by atoms with van der Waals surface area (Å²) in [5.41, 5.74) is 1.80. The molecule has 4 aromatic rings. The molecule has 0 spiro atoms. The minimum absolute atomic E-state index is 0.0776. The predicted octanol–water partition coefficient (Wildman–Crippen LogP) is 5.94. The first kappa shape index (κ1) is 30.0. The molecule has 0 radical (unpaired) electrons. The van der Waals surface area contributed by atoms with E-state index in [2.05, 4.69) is 0 Å². The number of nitrogens with zero attached hydrogens (tertiary/aromatic N) is 2. The van der Waals surface area contributed by atoms with Crippen LogP contribution in [0.25, 0.3) is 10.8 Å². The summed E-state index contributed by atoms with van der Waals surface area (Å²) in [5, 5.41) is 10.6. The molecule has 41 heavy (non-hydrogen) atoms. The highest BCUT2D eigenvalue weighted by Gasteiger charge is 2.29. The number of rotatable bonds is 10. The highest BCUT2D eigenvalue weighted by molar-refractivity contribution is 7.93. The third-order valence-electron chi connectivity index (χ3n) is 6.39. The predicted molar refractivity (Wildman–Crippen MR) is 160 cm³/mol. The number of carboxylic acid groups (broad SMARTS) is 1. The third-order valence-corrected chi connectivity index (χ3v) is 8.57. The maximum absolute atomic E-state index is 13.7. The fourth-order valence-corrected chi connectivity index (χ4v) is 6.65. The molecule has 4 rings (SSSR count). The summed E-state index contributed by atoms with van der Waals surface area (Å²) in [6.07, 6.45) is 0.527. The largest absolute Gasteiger partial charge is 0.480 e. The van der Waals surface area contributed by atoms with Gasteiger partial charge < -0.3 is 10.0 Å². The van der Waals surface area contributed by atoms with Crippen LogP contribution in [0.15, 0.2) is 83.8 Å². The van der Waals surface area contributed by atoms with E-state index in [0.717, 1.165) is 9.87 Å². The number of benzene rings is 4. The van der Waals surface area contributed by atoms with Crippen molar-refractivity contribution in [2.24, 2.45) is 0 Å². The zero-order chi connectivity index (χ0) is 29.9. The number of aryl methyl sites for hydroxylation is 1. The smallest absolute Gasteiger partial charge is 0.324 e. The molecule has 0 aliphatic rings. The molecule has 0 aromatic heterocycles. The molecule has 0 heterocycles. The van der Waals surface area contributed by atoms with Crippen LogP contribution in [-0.2, 0) is 21.2 Å². The summed E-state index contributed by atoms with van der Waals surface area (Å²) < 4.78 is 28.1. The van der Waals surface area contributed by atoms with Crippen LogP contribution in [0.4, 0.5) is 5.69 Å². The van der Waals surface area contributed by atoms with Crippen LogP contribution in [0.3, 0.4) is 0 Å². The zero-order valence-corrected chi connectivity index (χ0v) is 24.5. The summed E-state index contributed by atoms with van der Waals surface area (Å²) in [6.45, 7) is -0.869. The maximum atomic E-state index is 13.7. The molecule has 0 fully saturated rings. The van der Waals surface area contributed by atoms with Gasteiger partial charge in [-0.3, -0.25) is 18.7 Å². The molecule has 4 aromatic carbocycles. The maximum Gasteiger partial charge on any atom is 0.324 e. The highest BCUT2D eigenvalue weighted by Crippen LogP contribution is 2.34. The van der Waals surface area contributed by atoms with Crippen molar-refractivity contribution in [3.8, 4) is 0 Å². The quantitative estimate of drug-likeness (QED) is 0.222. The number of carboxylic acids is 1. The summed E-state index contributed by atoms with van der Waals surface area (Å²) in [4.78, 5) is 38.7. The Kier molecular flexibility index (Phi) is 9.01. The normalized spacial score (nSPS) is 11.3. The van der Waals surface area contributed by atoms with Gasteiger partial charge in [-0.05, 0) is 53.8 Å². The molecular formula is C30H26Cl2N2O6S. The van der Waals surface area contributed by atoms with E-state index in [1.165, 1.54) is 29.2 Å². The lowest BCUT2D eigenvalue weighted by Gasteiger charge is -2.25. The average Bonchev–Trinajstić information content (AvgIpc) is 2.93. The first-order valence-corrected chi connectivity index (χ1v) is 14.6. The van der Waals surface area contributed by atoms with E-state index in [0.29, 0.717) is 28.3 Å². The number of carbonyl (C=O) groups excluding carboxylic acids is 2. The summed E-state index contributed by atoms with van der Waals surface area (Å²) in [6, 6.07) is 20.5. The Labute approximate surface area is 247 Å². The lowest BCUT2D eigenvalue weighted by Crippen LogP contribution is -2.36. The topological polar surface area (TPSA) is 112 Å². The second kappa shape index (κ2) is 12.3. The van der Waals surface area contributed by atoms with Crippen LogP contribution in [0, 0.1) is 0 Å². The Hall–Kier alpha value is -3.92. The second-order valence-corrected chi connectivity index (χ2v) is 12.2. The van der Waals surface area contributed by atoms with E-state index in [1.54, 1.807) is 62.6 Å². The summed E-state index contributed by atoms with van der Waals surface area (Å²) in [7, 11) is -1.08. The lowest BCUT2D eigenvalue weighted by atomic mass is 9.96. The van der Waals surface area contributed by atoms with Crippen molar-refractivity contribution in [2.75, 3.05) is 24.9 Å². The van der Waals surface area contributed by atoms with Gasteiger partial charge >= 0.3 is 5.97 Å². The molecule has 1 amide bonds. The number of hydrogen-bond acceptors (Lipinski definition) is 5. The number of fused-ring (bicyclic) bond motifs is 1. The van der Waals surface area contributed by atoms with Gasteiger partial charge in [-0.2, -0.15) is 0 Å². The third kappa shape index (κ3) is 6.70. The number of aliphatic carboxylic acids is 1. The van der Waals surface area contributed by atoms with Gasteiger partial charge in [-0.15, -0.1) is 0 Å². The van der Waals surface area contributed by atoms with Crippen LogP contribution >= 0.6 is 23.2 Å². The van der Waals surface area contributed by atoms with Gasteiger partial charge in [-0.25, -0.2) is 8.42 Å². The van der Waals surface area contributed by atoms with Crippen molar-refractivity contribution in [3.63, 3.8) is 0 Å². The van der Waals surface area contributed by atoms with Crippen molar-refractivity contribution in [1.29, 1.82) is 0 Å². The minimum Gasteiger partial charge on any atom is -0.480 e. The van der Waals surface area contributed by atoms with E-state index < -0.39 is 22.5 Å². The van der Waals surface area contributed by atoms with Crippen LogP contribution < -0.4 is 4.31 Å². The van der Waals surface area contributed by atoms with E-state index in [1.807, 2.05) is 6.07 Å². The van der Waals surface area contributed by atoms with E-state index in [4.69, 9.17) is 23.2 Å². The Morgan fingerprint density at radius 2 is 1.46 bits per heavy atom. The first-order valence-electron chi connectivity index (χ1n) is 12.4. The first-order chi connectivity index (χ1) is 19.4. The molecule has 0 unspecified atom stereocenters. The zero-order valence-electron chi connectivity index (χ0n) is 22.2. The minimum atomic E-state index is -4.41. The molecule has 0 atom stereocenters. The monoisotopic (exact) mass is 612 g/mol. The van der Waals surface area contributed by atoms with E-state index >= 15 is 0 Å². The Bertz CT molecular complexity index is 1750. The summed E-state index contributed by atoms with van der Waals surface area (Å²) in [5.74, 6) is -1.70. The number of ketones is 1. The Morgan fingerprint density at radius 1 is 0.829 bits per heavy atom. The van der Waals surface area contributed by atoms with Gasteiger partial charge in [0.1, 0.15) is 6.54 Å². The van der Waals surface area contributed by atoms with E-state index in [-0.39, 0.29) is 38.7 Å². The van der Waals surface area contributed by atoms with Crippen LogP contribution in [0.1, 0.15) is 32.7 Å². The molecule has 0 aliphatic heterocycles. The van der Waals surface area contributed by atoms with Gasteiger partial charge in [0.2, 0.25) is 0 Å². The molecule has 0 aliphatic carbocycles. The van der Waals surface area contributed by atoms with Crippen molar-refractivity contribution in [1.82, 2.24) is 4.90 Å². The van der Waals surface area contributed by atoms with Gasteiger partial charge in [0.05, 0.1) is 10.6 Å². The molecule has 212 valence electrons. The number of carbonyl (C=O) groups is 3. The van der Waals surface area contributed by atoms with Crippen LogP contribution in [-0.4, -0.2) is 56.7 Å². The van der Waals surface area contributed by atoms with Gasteiger partial charge in [-0.1, -0.05) is 65.7 Å². The number of Topliss-reactive ketones (excluding diaryl/α,β-unsaturated/α-hetero) is 1.